The lowest BCUT2D eigenvalue weighted by molar-refractivity contribution is -0.121. The summed E-state index contributed by atoms with van der Waals surface area (Å²) in [6.07, 6.45) is 1.06. The second kappa shape index (κ2) is 8.16. The van der Waals surface area contributed by atoms with Crippen molar-refractivity contribution in [1.82, 2.24) is 5.32 Å². The molecule has 0 fully saturated rings. The van der Waals surface area contributed by atoms with Gasteiger partial charge in [0, 0.05) is 12.0 Å². The van der Waals surface area contributed by atoms with Gasteiger partial charge in [-0.15, -0.1) is 0 Å². The molecule has 0 spiro atoms. The third-order valence-electron chi connectivity index (χ3n) is 3.95. The van der Waals surface area contributed by atoms with Crippen LogP contribution in [0.25, 0.3) is 0 Å². The lowest BCUT2D eigenvalue weighted by atomic mass is 10.0. The van der Waals surface area contributed by atoms with E-state index in [1.54, 1.807) is 19.2 Å². The highest BCUT2D eigenvalue weighted by atomic mass is 16.5. The van der Waals surface area contributed by atoms with E-state index in [1.807, 2.05) is 44.2 Å². The fraction of sp³-hybridized carbons (Fsp3) is 0.300. The third-order valence-corrected chi connectivity index (χ3v) is 3.95. The van der Waals surface area contributed by atoms with Gasteiger partial charge < -0.3 is 10.1 Å². The molecule has 1 amide bonds. The van der Waals surface area contributed by atoms with E-state index in [0.29, 0.717) is 18.4 Å². The first kappa shape index (κ1) is 17.6. The van der Waals surface area contributed by atoms with Crippen molar-refractivity contribution in [3.63, 3.8) is 0 Å². The van der Waals surface area contributed by atoms with Crippen LogP contribution in [0.1, 0.15) is 41.6 Å². The molecule has 2 aromatic carbocycles. The Labute approximate surface area is 143 Å². The van der Waals surface area contributed by atoms with Gasteiger partial charge in [0.2, 0.25) is 5.91 Å². The molecule has 0 saturated carbocycles. The minimum atomic E-state index is -0.117. The molecule has 0 aliphatic heterocycles. The number of rotatable bonds is 6. The van der Waals surface area contributed by atoms with E-state index in [1.165, 1.54) is 0 Å². The summed E-state index contributed by atoms with van der Waals surface area (Å²) in [5.41, 5.74) is 3.78. The summed E-state index contributed by atoms with van der Waals surface area (Å²) < 4.78 is 5.38. The van der Waals surface area contributed by atoms with E-state index >= 15 is 0 Å². The zero-order valence-electron chi connectivity index (χ0n) is 14.3. The predicted octanol–water partition coefficient (Wildman–Crippen LogP) is 3.69. The van der Waals surface area contributed by atoms with Gasteiger partial charge in [0.25, 0.3) is 0 Å². The standard InChI is InChI=1S/C20H22N2O2/c1-14-4-10-19(24-3)18(12-14)15(2)22-20(23)11-9-16-5-7-17(13-21)8-6-16/h4-8,10,12,15H,9,11H2,1-3H3,(H,22,23)/t15-/m1/s1. The smallest absolute Gasteiger partial charge is 0.220 e. The third kappa shape index (κ3) is 4.60. The second-order valence-corrected chi connectivity index (χ2v) is 5.84. The van der Waals surface area contributed by atoms with Crippen molar-refractivity contribution in [2.45, 2.75) is 32.7 Å². The van der Waals surface area contributed by atoms with Crippen LogP contribution in [0.15, 0.2) is 42.5 Å². The fourth-order valence-electron chi connectivity index (χ4n) is 2.59. The number of amides is 1. The normalized spacial score (nSPS) is 11.4. The Bertz CT molecular complexity index is 745. The van der Waals surface area contributed by atoms with Crippen LogP contribution >= 0.6 is 0 Å². The maximum Gasteiger partial charge on any atom is 0.220 e. The number of benzene rings is 2. The molecule has 0 radical (unpaired) electrons. The van der Waals surface area contributed by atoms with Crippen LogP contribution in [0.5, 0.6) is 5.75 Å². The van der Waals surface area contributed by atoms with Gasteiger partial charge in [-0.2, -0.15) is 5.26 Å². The molecule has 0 unspecified atom stereocenters. The zero-order valence-corrected chi connectivity index (χ0v) is 14.3. The van der Waals surface area contributed by atoms with Gasteiger partial charge >= 0.3 is 0 Å². The first-order valence-electron chi connectivity index (χ1n) is 7.96. The number of aryl methyl sites for hydroxylation is 2. The molecule has 4 heteroatoms. The van der Waals surface area contributed by atoms with E-state index in [-0.39, 0.29) is 11.9 Å². The molecule has 0 aliphatic rings. The van der Waals surface area contributed by atoms with Gasteiger partial charge in [-0.05, 0) is 44.0 Å². The summed E-state index contributed by atoms with van der Waals surface area (Å²) in [6, 6.07) is 15.2. The number of carbonyl (C=O) groups excluding carboxylic acids is 1. The SMILES string of the molecule is COc1ccc(C)cc1[C@@H](C)NC(=O)CCc1ccc(C#N)cc1. The molecule has 0 saturated heterocycles. The van der Waals surface area contributed by atoms with Crippen LogP contribution in [0.4, 0.5) is 0 Å². The molecule has 1 atom stereocenters. The van der Waals surface area contributed by atoms with Gasteiger partial charge in [0.05, 0.1) is 24.8 Å². The zero-order chi connectivity index (χ0) is 17.5. The number of nitriles is 1. The Balaban J connectivity index is 1.94. The van der Waals surface area contributed by atoms with E-state index in [4.69, 9.17) is 10.00 Å². The molecule has 0 bridgehead atoms. The van der Waals surface area contributed by atoms with Crippen LogP contribution < -0.4 is 10.1 Å². The van der Waals surface area contributed by atoms with Crippen LogP contribution in [0.2, 0.25) is 0 Å². The van der Waals surface area contributed by atoms with Gasteiger partial charge in [-0.1, -0.05) is 29.8 Å². The first-order valence-corrected chi connectivity index (χ1v) is 7.96. The van der Waals surface area contributed by atoms with Gasteiger partial charge in [0.15, 0.2) is 0 Å². The minimum Gasteiger partial charge on any atom is -0.496 e. The summed E-state index contributed by atoms with van der Waals surface area (Å²) in [5, 5.41) is 11.8. The highest BCUT2D eigenvalue weighted by Gasteiger charge is 2.14. The lowest BCUT2D eigenvalue weighted by Crippen LogP contribution is -2.27. The topological polar surface area (TPSA) is 62.1 Å². The molecular formula is C20H22N2O2. The molecule has 2 rings (SSSR count). The molecule has 4 nitrogen and oxygen atoms in total. The predicted molar refractivity (Wildman–Crippen MR) is 93.8 cm³/mol. The van der Waals surface area contributed by atoms with Crippen molar-refractivity contribution in [1.29, 1.82) is 5.26 Å². The molecular weight excluding hydrogens is 300 g/mol. The van der Waals surface area contributed by atoms with E-state index in [9.17, 15) is 4.79 Å². The summed E-state index contributed by atoms with van der Waals surface area (Å²) in [6.45, 7) is 3.97. The van der Waals surface area contributed by atoms with Crippen molar-refractivity contribution in [2.24, 2.45) is 0 Å². The Morgan fingerprint density at radius 3 is 2.58 bits per heavy atom. The Kier molecular flexibility index (Phi) is 5.97. The monoisotopic (exact) mass is 322 g/mol. The number of hydrogen-bond donors (Lipinski definition) is 1. The number of nitrogens with one attached hydrogen (secondary N) is 1. The highest BCUT2D eigenvalue weighted by Crippen LogP contribution is 2.26. The van der Waals surface area contributed by atoms with Crippen LogP contribution in [0.3, 0.4) is 0 Å². The molecule has 0 aromatic heterocycles. The second-order valence-electron chi connectivity index (χ2n) is 5.84. The van der Waals surface area contributed by atoms with Gasteiger partial charge in [-0.25, -0.2) is 0 Å². The average Bonchev–Trinajstić information content (AvgIpc) is 2.60. The number of nitrogens with zero attached hydrogens (tertiary/aromatic N) is 1. The Morgan fingerprint density at radius 1 is 1.25 bits per heavy atom. The number of ether oxygens (including phenoxy) is 1. The summed E-state index contributed by atoms with van der Waals surface area (Å²) in [4.78, 5) is 12.2. The van der Waals surface area contributed by atoms with E-state index in [2.05, 4.69) is 11.4 Å². The van der Waals surface area contributed by atoms with Gasteiger partial charge in [0.1, 0.15) is 5.75 Å². The summed E-state index contributed by atoms with van der Waals surface area (Å²) in [7, 11) is 1.63. The average molecular weight is 322 g/mol. The quantitative estimate of drug-likeness (QED) is 0.882. The Morgan fingerprint density at radius 2 is 1.96 bits per heavy atom. The van der Waals surface area contributed by atoms with Crippen LogP contribution in [0, 0.1) is 18.3 Å². The highest BCUT2D eigenvalue weighted by molar-refractivity contribution is 5.76. The van der Waals surface area contributed by atoms with E-state index in [0.717, 1.165) is 22.4 Å². The molecule has 0 aliphatic carbocycles. The van der Waals surface area contributed by atoms with Crippen molar-refractivity contribution in [3.05, 3.63) is 64.7 Å². The maximum absolute atomic E-state index is 12.2. The van der Waals surface area contributed by atoms with E-state index < -0.39 is 0 Å². The van der Waals surface area contributed by atoms with Crippen LogP contribution in [-0.2, 0) is 11.2 Å². The summed E-state index contributed by atoms with van der Waals surface area (Å²) in [5.74, 6) is 0.774. The first-order chi connectivity index (χ1) is 11.5. The molecule has 124 valence electrons. The maximum atomic E-state index is 12.2. The number of methoxy groups -OCH3 is 1. The molecule has 2 aromatic rings. The van der Waals surface area contributed by atoms with Gasteiger partial charge in [-0.3, -0.25) is 4.79 Å². The van der Waals surface area contributed by atoms with Crippen molar-refractivity contribution >= 4 is 5.91 Å². The van der Waals surface area contributed by atoms with Crippen LogP contribution in [-0.4, -0.2) is 13.0 Å². The minimum absolute atomic E-state index is 0.00424. The molecule has 24 heavy (non-hydrogen) atoms. The van der Waals surface area contributed by atoms with Crippen molar-refractivity contribution in [3.8, 4) is 11.8 Å². The number of carbonyl (C=O) groups is 1. The summed E-state index contributed by atoms with van der Waals surface area (Å²) >= 11 is 0. The van der Waals surface area contributed by atoms with Crippen molar-refractivity contribution < 1.29 is 9.53 Å². The molecule has 0 heterocycles. The Hall–Kier alpha value is -2.80. The largest absolute Gasteiger partial charge is 0.496 e. The fourth-order valence-corrected chi connectivity index (χ4v) is 2.59. The van der Waals surface area contributed by atoms with Crippen molar-refractivity contribution in [2.75, 3.05) is 7.11 Å². The number of hydrogen-bond acceptors (Lipinski definition) is 3. The molecule has 1 N–H and O–H groups in total. The lowest BCUT2D eigenvalue weighted by Gasteiger charge is -2.18.